The van der Waals surface area contributed by atoms with Crippen molar-refractivity contribution in [3.63, 3.8) is 0 Å². The Kier molecular flexibility index (Phi) is 10.7. The molecule has 0 aromatic heterocycles. The third kappa shape index (κ3) is 7.53. The van der Waals surface area contributed by atoms with Crippen LogP contribution in [0, 0.1) is 17.6 Å². The molecule has 3 heteroatoms. The van der Waals surface area contributed by atoms with Crippen LogP contribution in [0.4, 0.5) is 0 Å². The van der Waals surface area contributed by atoms with Gasteiger partial charge in [-0.2, -0.15) is 0 Å². The van der Waals surface area contributed by atoms with Gasteiger partial charge in [-0.3, -0.25) is 0 Å². The summed E-state index contributed by atoms with van der Waals surface area (Å²) in [5.74, 6) is 0. The van der Waals surface area contributed by atoms with E-state index in [2.05, 4.69) is 269 Å². The summed E-state index contributed by atoms with van der Waals surface area (Å²) in [6, 6.07) is 72.1. The van der Waals surface area contributed by atoms with E-state index in [1.54, 1.807) is 0 Å². The molecular weight excluding hydrogens is 981 g/mol. The van der Waals surface area contributed by atoms with E-state index >= 15 is 0 Å². The summed E-state index contributed by atoms with van der Waals surface area (Å²) in [7, 11) is 0. The molecule has 8 rings (SSSR count). The number of halogens is 3. The summed E-state index contributed by atoms with van der Waals surface area (Å²) < 4.78 is 3.70. The number of benzene rings is 8. The minimum absolute atomic E-state index is 0.592. The first-order chi connectivity index (χ1) is 25.9. The zero-order valence-corrected chi connectivity index (χ0v) is 35.6. The zero-order chi connectivity index (χ0) is 36.4. The Hall–Kier alpha value is -4.05. The Morgan fingerprint density at radius 1 is 0.245 bits per heavy atom. The van der Waals surface area contributed by atoms with E-state index in [9.17, 15) is 0 Å². The van der Waals surface area contributed by atoms with Gasteiger partial charge in [0.25, 0.3) is 0 Å². The van der Waals surface area contributed by atoms with E-state index in [1.807, 2.05) is 0 Å². The topological polar surface area (TPSA) is 0 Å². The lowest BCUT2D eigenvalue weighted by atomic mass is 9.64. The largest absolute Gasteiger partial charge is 0.0701 e. The Morgan fingerprint density at radius 2 is 0.415 bits per heavy atom. The van der Waals surface area contributed by atoms with Gasteiger partial charge in [-0.1, -0.05) is 163 Å². The standard InChI is InChI=1S/C50H35I3/c1-34-2-4-35(5-3-34)36-6-20-43(21-7-36)50(44-22-8-37(9-23-44)40-14-28-47(51)29-15-40,45-24-10-38(11-25-45)41-16-30-48(52)31-17-41)46-26-12-39(13-27-46)42-18-32-49(53)33-19-42/h2-33H,1H3. The van der Waals surface area contributed by atoms with E-state index in [-0.39, 0.29) is 0 Å². The molecule has 0 nitrogen and oxygen atoms in total. The van der Waals surface area contributed by atoms with E-state index in [1.165, 1.54) is 83.0 Å². The molecule has 0 aliphatic rings. The van der Waals surface area contributed by atoms with Crippen LogP contribution in [0.25, 0.3) is 44.5 Å². The van der Waals surface area contributed by atoms with Crippen molar-refractivity contribution in [2.45, 2.75) is 12.3 Å². The maximum absolute atomic E-state index is 2.37. The zero-order valence-electron chi connectivity index (χ0n) is 29.1. The van der Waals surface area contributed by atoms with E-state index in [0.29, 0.717) is 0 Å². The lowest BCUT2D eigenvalue weighted by Gasteiger charge is -2.37. The van der Waals surface area contributed by atoms with Gasteiger partial charge >= 0.3 is 0 Å². The third-order valence-corrected chi connectivity index (χ3v) is 12.3. The molecule has 53 heavy (non-hydrogen) atoms. The summed E-state index contributed by atoms with van der Waals surface area (Å²) in [4.78, 5) is 0. The molecule has 0 atom stereocenters. The van der Waals surface area contributed by atoms with E-state index in [4.69, 9.17) is 0 Å². The maximum atomic E-state index is 2.37. The summed E-state index contributed by atoms with van der Waals surface area (Å²) in [5, 5.41) is 0. The molecule has 0 aliphatic carbocycles. The average Bonchev–Trinajstić information content (AvgIpc) is 3.20. The SMILES string of the molecule is Cc1ccc(-c2ccc(C(c3ccc(-c4ccc(I)cc4)cc3)(c3ccc(-c4ccc(I)cc4)cc3)c3ccc(-c4ccc(I)cc4)cc3)cc2)cc1. The van der Waals surface area contributed by atoms with Crippen LogP contribution in [-0.4, -0.2) is 0 Å². The number of rotatable bonds is 8. The van der Waals surface area contributed by atoms with Gasteiger partial charge in [0.15, 0.2) is 0 Å². The molecule has 8 aromatic carbocycles. The van der Waals surface area contributed by atoms with Crippen molar-refractivity contribution in [1.82, 2.24) is 0 Å². The summed E-state index contributed by atoms with van der Waals surface area (Å²) >= 11 is 7.12. The Bertz CT molecular complexity index is 2080. The van der Waals surface area contributed by atoms with Gasteiger partial charge in [0.05, 0.1) is 5.41 Å². The van der Waals surface area contributed by atoms with Crippen LogP contribution in [-0.2, 0) is 5.41 Å². The number of hydrogen-bond donors (Lipinski definition) is 0. The minimum atomic E-state index is -0.592. The van der Waals surface area contributed by atoms with Crippen LogP contribution in [0.2, 0.25) is 0 Å². The first-order valence-electron chi connectivity index (χ1n) is 17.6. The Labute approximate surface area is 353 Å². The second-order valence-corrected chi connectivity index (χ2v) is 17.2. The molecule has 0 aliphatic heterocycles. The predicted molar refractivity (Wildman–Crippen MR) is 249 cm³/mol. The lowest BCUT2D eigenvalue weighted by molar-refractivity contribution is 0.745. The van der Waals surface area contributed by atoms with Crippen molar-refractivity contribution in [3.8, 4) is 44.5 Å². The maximum Gasteiger partial charge on any atom is 0.0701 e. The average molecular weight is 1020 g/mol. The van der Waals surface area contributed by atoms with Crippen LogP contribution in [0.3, 0.4) is 0 Å². The van der Waals surface area contributed by atoms with Crippen molar-refractivity contribution >= 4 is 67.8 Å². The Morgan fingerprint density at radius 3 is 0.623 bits per heavy atom. The molecule has 0 bridgehead atoms. The van der Waals surface area contributed by atoms with Crippen LogP contribution in [0.5, 0.6) is 0 Å². The van der Waals surface area contributed by atoms with Crippen LogP contribution in [0.1, 0.15) is 27.8 Å². The van der Waals surface area contributed by atoms with Gasteiger partial charge in [0.1, 0.15) is 0 Å². The van der Waals surface area contributed by atoms with E-state index < -0.39 is 5.41 Å². The predicted octanol–water partition coefficient (Wildman–Crippen LogP) is 14.9. The highest BCUT2D eigenvalue weighted by atomic mass is 127. The van der Waals surface area contributed by atoms with E-state index in [0.717, 1.165) is 0 Å². The molecule has 0 unspecified atom stereocenters. The Balaban J connectivity index is 1.33. The smallest absolute Gasteiger partial charge is 0.0587 e. The highest BCUT2D eigenvalue weighted by Gasteiger charge is 2.38. The summed E-state index contributed by atoms with van der Waals surface area (Å²) in [5.41, 5.74) is 15.3. The molecular formula is C50H35I3. The monoisotopic (exact) mass is 1020 g/mol. The van der Waals surface area contributed by atoms with Crippen molar-refractivity contribution < 1.29 is 0 Å². The quantitative estimate of drug-likeness (QED) is 0.105. The van der Waals surface area contributed by atoms with Crippen LogP contribution < -0.4 is 0 Å². The van der Waals surface area contributed by atoms with Crippen molar-refractivity contribution in [1.29, 1.82) is 0 Å². The molecule has 0 spiro atoms. The molecule has 0 N–H and O–H groups in total. The fourth-order valence-corrected chi connectivity index (χ4v) is 8.40. The fourth-order valence-electron chi connectivity index (χ4n) is 7.32. The van der Waals surface area contributed by atoms with Gasteiger partial charge in [0, 0.05) is 10.7 Å². The normalized spacial score (nSPS) is 11.4. The van der Waals surface area contributed by atoms with Gasteiger partial charge in [0.2, 0.25) is 0 Å². The van der Waals surface area contributed by atoms with Crippen molar-refractivity contribution in [2.24, 2.45) is 0 Å². The lowest BCUT2D eigenvalue weighted by Crippen LogP contribution is -2.31. The fraction of sp³-hybridized carbons (Fsp3) is 0.0400. The molecule has 0 saturated carbocycles. The molecule has 0 heterocycles. The molecule has 0 radical (unpaired) electrons. The second-order valence-electron chi connectivity index (χ2n) is 13.4. The van der Waals surface area contributed by atoms with Crippen molar-refractivity contribution in [3.05, 3.63) is 233 Å². The van der Waals surface area contributed by atoms with Crippen molar-refractivity contribution in [2.75, 3.05) is 0 Å². The highest BCUT2D eigenvalue weighted by molar-refractivity contribution is 14.1. The molecule has 0 amide bonds. The molecule has 8 aromatic rings. The summed E-state index contributed by atoms with van der Waals surface area (Å²) in [6.07, 6.45) is 0. The number of hydrogen-bond acceptors (Lipinski definition) is 0. The minimum Gasteiger partial charge on any atom is -0.0587 e. The van der Waals surface area contributed by atoms with Gasteiger partial charge in [-0.25, -0.2) is 0 Å². The van der Waals surface area contributed by atoms with Gasteiger partial charge in [-0.05, 0) is 178 Å². The highest BCUT2D eigenvalue weighted by Crippen LogP contribution is 2.47. The first kappa shape index (κ1) is 36.0. The molecule has 0 fully saturated rings. The van der Waals surface area contributed by atoms with Crippen LogP contribution >= 0.6 is 67.8 Å². The molecule has 0 saturated heterocycles. The molecule has 256 valence electrons. The summed E-state index contributed by atoms with van der Waals surface area (Å²) in [6.45, 7) is 2.14. The van der Waals surface area contributed by atoms with Gasteiger partial charge in [-0.15, -0.1) is 0 Å². The third-order valence-electron chi connectivity index (χ3n) is 10.2. The first-order valence-corrected chi connectivity index (χ1v) is 20.9. The number of aryl methyl sites for hydroxylation is 1. The van der Waals surface area contributed by atoms with Gasteiger partial charge < -0.3 is 0 Å². The van der Waals surface area contributed by atoms with Crippen LogP contribution in [0.15, 0.2) is 194 Å². The second kappa shape index (κ2) is 15.7.